The van der Waals surface area contributed by atoms with Crippen LogP contribution in [-0.4, -0.2) is 0 Å². The molecule has 0 nitrogen and oxygen atoms in total. The molecule has 0 fully saturated rings. The van der Waals surface area contributed by atoms with Gasteiger partial charge in [-0.2, -0.15) is 0 Å². The Balaban J connectivity index is -0.000000122. The third-order valence-electron chi connectivity index (χ3n) is 8.95. The fraction of sp³-hybridized carbons (Fsp3) is 1.00. The van der Waals surface area contributed by atoms with Crippen LogP contribution in [0.15, 0.2) is 0 Å². The normalized spacial score (nSPS) is 14.5. The molecule has 0 saturated heterocycles. The molecular weight excluding hydrogens is 528 g/mol. The van der Waals surface area contributed by atoms with Gasteiger partial charge in [0.25, 0.3) is 0 Å². The van der Waals surface area contributed by atoms with Gasteiger partial charge in [0.1, 0.15) is 0 Å². The molecule has 0 bridgehead atoms. The highest BCUT2D eigenvalue weighted by atomic mass is 14.3. The van der Waals surface area contributed by atoms with Crippen LogP contribution in [0.5, 0.6) is 0 Å². The molecule has 0 aliphatic rings. The van der Waals surface area contributed by atoms with Gasteiger partial charge in [-0.05, 0) is 59.7 Å². The van der Waals surface area contributed by atoms with E-state index in [1.165, 1.54) is 89.9 Å². The zero-order chi connectivity index (χ0) is 36.1. The maximum atomic E-state index is 2.52. The Morgan fingerprint density at radius 2 is 0.750 bits per heavy atom. The lowest BCUT2D eigenvalue weighted by Gasteiger charge is -2.29. The monoisotopic (exact) mass is 629 g/mol. The lowest BCUT2D eigenvalue weighted by molar-refractivity contribution is 0.223. The van der Waals surface area contributed by atoms with Gasteiger partial charge in [0.2, 0.25) is 0 Å². The maximum Gasteiger partial charge on any atom is -0.0388 e. The van der Waals surface area contributed by atoms with Crippen LogP contribution in [0.4, 0.5) is 0 Å². The van der Waals surface area contributed by atoms with Crippen molar-refractivity contribution in [2.45, 2.75) is 235 Å². The Hall–Kier alpha value is 0. The first-order valence-corrected chi connectivity index (χ1v) is 20.5. The van der Waals surface area contributed by atoms with Crippen LogP contribution < -0.4 is 0 Å². The van der Waals surface area contributed by atoms with E-state index in [0.717, 1.165) is 53.3 Å². The van der Waals surface area contributed by atoms with Gasteiger partial charge in [-0.15, -0.1) is 0 Å². The molecule has 0 heterocycles. The molecule has 6 atom stereocenters. The number of rotatable bonds is 18. The van der Waals surface area contributed by atoms with E-state index in [0.29, 0.717) is 0 Å². The summed E-state index contributed by atoms with van der Waals surface area (Å²) >= 11 is 0. The average molecular weight is 629 g/mol. The second kappa shape index (κ2) is 45.1. The smallest absolute Gasteiger partial charge is 0.0388 e. The second-order valence-corrected chi connectivity index (χ2v) is 15.6. The predicted octanol–water partition coefficient (Wildman–Crippen LogP) is 17.3. The summed E-state index contributed by atoms with van der Waals surface area (Å²) in [5, 5.41) is 0. The minimum atomic E-state index is 0.833. The topological polar surface area (TPSA) is 0 Å². The highest BCUT2D eigenvalue weighted by Gasteiger charge is 2.21. The van der Waals surface area contributed by atoms with E-state index in [9.17, 15) is 0 Å². The summed E-state index contributed by atoms with van der Waals surface area (Å²) in [6.45, 7) is 47.5. The van der Waals surface area contributed by atoms with Crippen LogP contribution in [0.3, 0.4) is 0 Å². The molecule has 0 N–H and O–H groups in total. The number of hydrogen-bond acceptors (Lipinski definition) is 0. The molecule has 0 heteroatoms. The lowest BCUT2D eigenvalue weighted by Crippen LogP contribution is -2.18. The van der Waals surface area contributed by atoms with Crippen molar-refractivity contribution in [3.8, 4) is 0 Å². The fourth-order valence-corrected chi connectivity index (χ4v) is 4.70. The first-order chi connectivity index (χ1) is 20.5. The first kappa shape index (κ1) is 56.3. The molecule has 0 radical (unpaired) electrons. The summed E-state index contributed by atoms with van der Waals surface area (Å²) < 4.78 is 0. The van der Waals surface area contributed by atoms with Gasteiger partial charge in [-0.1, -0.05) is 229 Å². The van der Waals surface area contributed by atoms with Crippen LogP contribution in [0.25, 0.3) is 0 Å². The summed E-state index contributed by atoms with van der Waals surface area (Å²) in [5.41, 5.74) is 0. The van der Waals surface area contributed by atoms with Crippen molar-refractivity contribution in [2.24, 2.45) is 53.3 Å². The van der Waals surface area contributed by atoms with Crippen molar-refractivity contribution in [1.29, 1.82) is 0 Å². The molecule has 0 aliphatic heterocycles. The number of hydrogen-bond donors (Lipinski definition) is 0. The van der Waals surface area contributed by atoms with Gasteiger partial charge in [0.05, 0.1) is 0 Å². The van der Waals surface area contributed by atoms with Gasteiger partial charge in [0.15, 0.2) is 0 Å². The lowest BCUT2D eigenvalue weighted by atomic mass is 9.77. The quantitative estimate of drug-likeness (QED) is 0.142. The van der Waals surface area contributed by atoms with Gasteiger partial charge >= 0.3 is 0 Å². The maximum absolute atomic E-state index is 2.52. The third-order valence-corrected chi connectivity index (χ3v) is 8.95. The van der Waals surface area contributed by atoms with Gasteiger partial charge in [-0.25, -0.2) is 0 Å². The molecule has 6 unspecified atom stereocenters. The van der Waals surface area contributed by atoms with E-state index in [4.69, 9.17) is 0 Å². The van der Waals surface area contributed by atoms with E-state index < -0.39 is 0 Å². The average Bonchev–Trinajstić information content (AvgIpc) is 2.97. The molecule has 44 heavy (non-hydrogen) atoms. The predicted molar refractivity (Wildman–Crippen MR) is 215 cm³/mol. The van der Waals surface area contributed by atoms with Crippen molar-refractivity contribution in [3.63, 3.8) is 0 Å². The summed E-state index contributed by atoms with van der Waals surface area (Å²) in [6, 6.07) is 0. The molecule has 0 aromatic carbocycles. The van der Waals surface area contributed by atoms with Crippen LogP contribution in [-0.2, 0) is 0 Å². The van der Waals surface area contributed by atoms with Crippen molar-refractivity contribution in [1.82, 2.24) is 0 Å². The van der Waals surface area contributed by atoms with Crippen molar-refractivity contribution >= 4 is 0 Å². The Bertz CT molecular complexity index is 431. The molecule has 0 saturated carbocycles. The summed E-state index contributed by atoms with van der Waals surface area (Å²) in [5.74, 6) is 8.15. The molecule has 276 valence electrons. The summed E-state index contributed by atoms with van der Waals surface area (Å²) in [4.78, 5) is 0. The van der Waals surface area contributed by atoms with Crippen LogP contribution in [0, 0.1) is 53.3 Å². The summed E-state index contributed by atoms with van der Waals surface area (Å²) in [7, 11) is 0. The van der Waals surface area contributed by atoms with E-state index >= 15 is 0 Å². The first-order valence-electron chi connectivity index (χ1n) is 20.5. The molecule has 0 aromatic rings. The van der Waals surface area contributed by atoms with Gasteiger partial charge in [-0.3, -0.25) is 0 Å². The Labute approximate surface area is 287 Å². The highest BCUT2D eigenvalue weighted by molar-refractivity contribution is 4.72. The molecule has 0 rings (SSSR count). The fourth-order valence-electron chi connectivity index (χ4n) is 4.70. The van der Waals surface area contributed by atoms with Crippen LogP contribution in [0.1, 0.15) is 235 Å². The standard InChI is InChI=1S/C20H42.C7H16.C6H14.C5H12.C4H10.C2H6/c1-8-12-20(14-11-13-16(4)9-2)19(7)15-18(6)17(5)10-3;1-4-6-7(3)5-2;1-4-5-6(2)3;1-4-5(2)3;1-4(2)3;1-2/h16-20H,8-15H2,1-7H3;7H,4-6H2,1-3H3;6H,4-5H2,1-3H3;5H,4H2,1-3H3;4H,1-3H3;1-2H3. The molecule has 0 aliphatic carbocycles. The summed E-state index contributed by atoms with van der Waals surface area (Å²) in [6.07, 6.45) is 19.4. The van der Waals surface area contributed by atoms with E-state index in [1.54, 1.807) is 0 Å². The molecular formula is C44H100. The van der Waals surface area contributed by atoms with Gasteiger partial charge < -0.3 is 0 Å². The molecule has 0 aromatic heterocycles. The van der Waals surface area contributed by atoms with E-state index in [-0.39, 0.29) is 0 Å². The second-order valence-electron chi connectivity index (χ2n) is 15.6. The highest BCUT2D eigenvalue weighted by Crippen LogP contribution is 2.32. The van der Waals surface area contributed by atoms with Crippen molar-refractivity contribution < 1.29 is 0 Å². The van der Waals surface area contributed by atoms with E-state index in [2.05, 4.69) is 132 Å². The Kier molecular flexibility index (Phi) is 57.8. The molecule has 0 spiro atoms. The minimum absolute atomic E-state index is 0.833. The molecule has 0 amide bonds. The van der Waals surface area contributed by atoms with Crippen molar-refractivity contribution in [2.75, 3.05) is 0 Å². The zero-order valence-electron chi connectivity index (χ0n) is 36.1. The Morgan fingerprint density at radius 3 is 1.00 bits per heavy atom. The SMILES string of the molecule is CC.CC(C)C.CCC(C)C.CCCC(C)C.CCCC(C)CC.CCCC(CCCC(C)CC)C(C)CC(C)C(C)CC. The largest absolute Gasteiger partial charge is 0.0683 e. The van der Waals surface area contributed by atoms with Crippen LogP contribution >= 0.6 is 0 Å². The zero-order valence-corrected chi connectivity index (χ0v) is 36.1. The minimum Gasteiger partial charge on any atom is -0.0683 e. The van der Waals surface area contributed by atoms with E-state index in [1.807, 2.05) is 13.8 Å². The van der Waals surface area contributed by atoms with Crippen molar-refractivity contribution in [3.05, 3.63) is 0 Å². The van der Waals surface area contributed by atoms with Crippen LogP contribution in [0.2, 0.25) is 0 Å². The third kappa shape index (κ3) is 57.6. The van der Waals surface area contributed by atoms with Gasteiger partial charge in [0, 0.05) is 0 Å². The Morgan fingerprint density at radius 1 is 0.364 bits per heavy atom.